The van der Waals surface area contributed by atoms with Gasteiger partial charge in [0.25, 0.3) is 0 Å². The van der Waals surface area contributed by atoms with Gasteiger partial charge in [0.15, 0.2) is 0 Å². The number of anilines is 1. The van der Waals surface area contributed by atoms with Gasteiger partial charge in [-0.2, -0.15) is 0 Å². The van der Waals surface area contributed by atoms with Gasteiger partial charge in [-0.05, 0) is 41.0 Å². The van der Waals surface area contributed by atoms with Crippen LogP contribution in [-0.4, -0.2) is 28.1 Å². The van der Waals surface area contributed by atoms with Gasteiger partial charge in [0.05, 0.1) is 5.92 Å². The number of benzene rings is 4. The Balaban J connectivity index is 1.39. The summed E-state index contributed by atoms with van der Waals surface area (Å²) >= 11 is 1.17. The van der Waals surface area contributed by atoms with E-state index in [4.69, 9.17) is 0 Å². The SMILES string of the molecule is O=C(Nc1nnc(-c2ccc(F)cc2)s1)C(Cc1ccccc1)NC(=O)C(c1ccccc1)c1ccccc1. The van der Waals surface area contributed by atoms with Crippen LogP contribution in [0.15, 0.2) is 115 Å². The molecule has 4 aromatic carbocycles. The van der Waals surface area contributed by atoms with Crippen LogP contribution in [0.2, 0.25) is 0 Å². The summed E-state index contributed by atoms with van der Waals surface area (Å²) in [7, 11) is 0. The lowest BCUT2D eigenvalue weighted by atomic mass is 9.90. The molecule has 1 unspecified atom stereocenters. The highest BCUT2D eigenvalue weighted by Gasteiger charge is 2.28. The molecule has 0 bridgehead atoms. The molecule has 194 valence electrons. The molecule has 0 aliphatic carbocycles. The molecule has 5 rings (SSSR count). The van der Waals surface area contributed by atoms with E-state index in [-0.39, 0.29) is 16.9 Å². The molecule has 6 nitrogen and oxygen atoms in total. The van der Waals surface area contributed by atoms with Crippen molar-refractivity contribution in [3.63, 3.8) is 0 Å². The highest BCUT2D eigenvalue weighted by molar-refractivity contribution is 7.18. The Morgan fingerprint density at radius 3 is 1.87 bits per heavy atom. The van der Waals surface area contributed by atoms with Crippen LogP contribution in [0.3, 0.4) is 0 Å². The van der Waals surface area contributed by atoms with Gasteiger partial charge in [0.2, 0.25) is 16.9 Å². The Labute approximate surface area is 229 Å². The van der Waals surface area contributed by atoms with Crippen LogP contribution >= 0.6 is 11.3 Å². The highest BCUT2D eigenvalue weighted by Crippen LogP contribution is 2.27. The van der Waals surface area contributed by atoms with Crippen molar-refractivity contribution < 1.29 is 14.0 Å². The minimum absolute atomic E-state index is 0.284. The summed E-state index contributed by atoms with van der Waals surface area (Å²) in [5, 5.41) is 14.8. The molecule has 5 aromatic rings. The number of carbonyl (C=O) groups is 2. The molecular formula is C31H25FN4O2S. The minimum Gasteiger partial charge on any atom is -0.343 e. The van der Waals surface area contributed by atoms with E-state index in [0.717, 1.165) is 16.7 Å². The van der Waals surface area contributed by atoms with Crippen LogP contribution in [0.4, 0.5) is 9.52 Å². The van der Waals surface area contributed by atoms with Gasteiger partial charge in [-0.1, -0.05) is 102 Å². The maximum absolute atomic E-state index is 13.8. The molecule has 0 aliphatic rings. The molecule has 1 aromatic heterocycles. The summed E-state index contributed by atoms with van der Waals surface area (Å²) in [4.78, 5) is 27.3. The second-order valence-corrected chi connectivity index (χ2v) is 9.89. The Bertz CT molecular complexity index is 1490. The lowest BCUT2D eigenvalue weighted by molar-refractivity contribution is -0.126. The third-order valence-electron chi connectivity index (χ3n) is 6.19. The number of amides is 2. The zero-order chi connectivity index (χ0) is 27.0. The maximum atomic E-state index is 13.8. The van der Waals surface area contributed by atoms with Gasteiger partial charge in [-0.25, -0.2) is 4.39 Å². The largest absolute Gasteiger partial charge is 0.343 e. The minimum atomic E-state index is -0.868. The first-order chi connectivity index (χ1) is 19.1. The lowest BCUT2D eigenvalue weighted by Gasteiger charge is -2.23. The first-order valence-corrected chi connectivity index (χ1v) is 13.2. The van der Waals surface area contributed by atoms with Gasteiger partial charge in [0.1, 0.15) is 16.9 Å². The Hall–Kier alpha value is -4.69. The number of carbonyl (C=O) groups excluding carboxylic acids is 2. The van der Waals surface area contributed by atoms with Gasteiger partial charge < -0.3 is 5.32 Å². The third kappa shape index (κ3) is 6.61. The zero-order valence-electron chi connectivity index (χ0n) is 20.8. The number of rotatable bonds is 9. The fraction of sp³-hybridized carbons (Fsp3) is 0.0968. The van der Waals surface area contributed by atoms with Crippen molar-refractivity contribution in [1.82, 2.24) is 15.5 Å². The predicted molar refractivity (Wildman–Crippen MR) is 151 cm³/mol. The Morgan fingerprint density at radius 2 is 1.28 bits per heavy atom. The fourth-order valence-electron chi connectivity index (χ4n) is 4.28. The van der Waals surface area contributed by atoms with Crippen molar-refractivity contribution >= 4 is 28.3 Å². The summed E-state index contributed by atoms with van der Waals surface area (Å²) in [6.45, 7) is 0. The number of halogens is 1. The van der Waals surface area contributed by atoms with E-state index in [1.165, 1.54) is 23.5 Å². The van der Waals surface area contributed by atoms with Crippen LogP contribution in [0, 0.1) is 5.82 Å². The fourth-order valence-corrected chi connectivity index (χ4v) is 5.03. The molecule has 0 spiro atoms. The Kier molecular flexibility index (Phi) is 8.14. The second kappa shape index (κ2) is 12.2. The molecule has 0 radical (unpaired) electrons. The van der Waals surface area contributed by atoms with E-state index in [2.05, 4.69) is 20.8 Å². The standard InChI is InChI=1S/C31H25FN4O2S/c32-25-18-16-24(17-19-25)30-35-36-31(39-30)34-28(37)26(20-21-10-4-1-5-11-21)33-29(38)27(22-12-6-2-7-13-22)23-14-8-3-9-15-23/h1-19,26-27H,20H2,(H,33,38)(H,34,36,37). The maximum Gasteiger partial charge on any atom is 0.249 e. The van der Waals surface area contributed by atoms with Crippen molar-refractivity contribution in [3.8, 4) is 10.6 Å². The molecule has 2 N–H and O–H groups in total. The zero-order valence-corrected chi connectivity index (χ0v) is 21.6. The summed E-state index contributed by atoms with van der Waals surface area (Å²) in [6.07, 6.45) is 0.290. The smallest absolute Gasteiger partial charge is 0.249 e. The molecule has 0 saturated heterocycles. The van der Waals surface area contributed by atoms with E-state index in [9.17, 15) is 14.0 Å². The van der Waals surface area contributed by atoms with Crippen molar-refractivity contribution in [1.29, 1.82) is 0 Å². The molecule has 1 atom stereocenters. The summed E-state index contributed by atoms with van der Waals surface area (Å²) in [5.41, 5.74) is 3.25. The normalized spacial score (nSPS) is 11.6. The van der Waals surface area contributed by atoms with Crippen LogP contribution in [0.25, 0.3) is 10.6 Å². The molecule has 1 heterocycles. The quantitative estimate of drug-likeness (QED) is 0.248. The van der Waals surface area contributed by atoms with Crippen LogP contribution in [-0.2, 0) is 16.0 Å². The van der Waals surface area contributed by atoms with Gasteiger partial charge in [-0.3, -0.25) is 14.9 Å². The highest BCUT2D eigenvalue weighted by atomic mass is 32.1. The first kappa shape index (κ1) is 25.9. The number of aromatic nitrogens is 2. The molecule has 39 heavy (non-hydrogen) atoms. The average molecular weight is 537 g/mol. The molecule has 2 amide bonds. The summed E-state index contributed by atoms with van der Waals surface area (Å²) < 4.78 is 13.3. The van der Waals surface area contributed by atoms with Crippen molar-refractivity contribution in [3.05, 3.63) is 138 Å². The summed E-state index contributed by atoms with van der Waals surface area (Å²) in [6, 6.07) is 33.5. The topological polar surface area (TPSA) is 84.0 Å². The number of hydrogen-bond donors (Lipinski definition) is 2. The van der Waals surface area contributed by atoms with Gasteiger partial charge in [-0.15, -0.1) is 10.2 Å². The second-order valence-electron chi connectivity index (χ2n) is 8.91. The van der Waals surface area contributed by atoms with Crippen LogP contribution in [0.1, 0.15) is 22.6 Å². The predicted octanol–water partition coefficient (Wildman–Crippen LogP) is 5.84. The van der Waals surface area contributed by atoms with Crippen molar-refractivity contribution in [2.75, 3.05) is 5.32 Å². The van der Waals surface area contributed by atoms with E-state index >= 15 is 0 Å². The molecular weight excluding hydrogens is 511 g/mol. The number of nitrogens with one attached hydrogen (secondary N) is 2. The summed E-state index contributed by atoms with van der Waals surface area (Å²) in [5.74, 6) is -1.63. The lowest BCUT2D eigenvalue weighted by Crippen LogP contribution is -2.47. The molecule has 0 fully saturated rings. The van der Waals surface area contributed by atoms with Crippen molar-refractivity contribution in [2.45, 2.75) is 18.4 Å². The third-order valence-corrected chi connectivity index (χ3v) is 7.08. The van der Waals surface area contributed by atoms with E-state index in [1.54, 1.807) is 12.1 Å². The van der Waals surface area contributed by atoms with Gasteiger partial charge >= 0.3 is 0 Å². The molecule has 0 saturated carbocycles. The van der Waals surface area contributed by atoms with E-state index in [0.29, 0.717) is 17.0 Å². The van der Waals surface area contributed by atoms with Crippen molar-refractivity contribution in [2.24, 2.45) is 0 Å². The van der Waals surface area contributed by atoms with Crippen LogP contribution in [0.5, 0.6) is 0 Å². The first-order valence-electron chi connectivity index (χ1n) is 12.4. The van der Waals surface area contributed by atoms with E-state index in [1.807, 2.05) is 91.0 Å². The number of nitrogens with zero attached hydrogens (tertiary/aromatic N) is 2. The monoisotopic (exact) mass is 536 g/mol. The van der Waals surface area contributed by atoms with Crippen LogP contribution < -0.4 is 10.6 Å². The van der Waals surface area contributed by atoms with Gasteiger partial charge in [0, 0.05) is 12.0 Å². The number of hydrogen-bond acceptors (Lipinski definition) is 5. The molecule has 8 heteroatoms. The molecule has 0 aliphatic heterocycles. The van der Waals surface area contributed by atoms with E-state index < -0.39 is 17.9 Å². The average Bonchev–Trinajstić information content (AvgIpc) is 3.43. The Morgan fingerprint density at radius 1 is 0.718 bits per heavy atom.